The molecule has 1 aliphatic rings. The first-order chi connectivity index (χ1) is 8.00. The van der Waals surface area contributed by atoms with Gasteiger partial charge in [-0.15, -0.1) is 0 Å². The SMILES string of the molecule is CC1(Nc2cc(F)ccc2[N+](=O)[O-])CCCC1. The van der Waals surface area contributed by atoms with E-state index in [0.717, 1.165) is 31.7 Å². The highest BCUT2D eigenvalue weighted by Crippen LogP contribution is 2.35. The third-order valence-corrected chi connectivity index (χ3v) is 3.30. The number of benzene rings is 1. The number of hydrogen-bond acceptors (Lipinski definition) is 3. The van der Waals surface area contributed by atoms with Gasteiger partial charge in [-0.3, -0.25) is 10.1 Å². The average molecular weight is 238 g/mol. The molecule has 4 nitrogen and oxygen atoms in total. The Morgan fingerprint density at radius 2 is 2.06 bits per heavy atom. The summed E-state index contributed by atoms with van der Waals surface area (Å²) in [5.41, 5.74) is 0.0531. The smallest absolute Gasteiger partial charge is 0.292 e. The van der Waals surface area contributed by atoms with Crippen molar-refractivity contribution in [2.75, 3.05) is 5.32 Å². The zero-order valence-electron chi connectivity index (χ0n) is 9.70. The lowest BCUT2D eigenvalue weighted by molar-refractivity contribution is -0.384. The van der Waals surface area contributed by atoms with Crippen LogP contribution in [0.25, 0.3) is 0 Å². The van der Waals surface area contributed by atoms with Crippen LogP contribution in [0.4, 0.5) is 15.8 Å². The van der Waals surface area contributed by atoms with Gasteiger partial charge < -0.3 is 5.32 Å². The first kappa shape index (κ1) is 11.8. The largest absolute Gasteiger partial charge is 0.374 e. The molecule has 1 N–H and O–H groups in total. The Morgan fingerprint density at radius 3 is 2.65 bits per heavy atom. The third-order valence-electron chi connectivity index (χ3n) is 3.30. The molecule has 5 heteroatoms. The molecule has 0 aromatic heterocycles. The summed E-state index contributed by atoms with van der Waals surface area (Å²) in [4.78, 5) is 10.4. The second kappa shape index (κ2) is 4.31. The zero-order chi connectivity index (χ0) is 12.5. The lowest BCUT2D eigenvalue weighted by atomic mass is 10.00. The van der Waals surface area contributed by atoms with Crippen molar-refractivity contribution in [3.63, 3.8) is 0 Å². The van der Waals surface area contributed by atoms with Gasteiger partial charge >= 0.3 is 0 Å². The molecule has 92 valence electrons. The van der Waals surface area contributed by atoms with Crippen molar-refractivity contribution in [2.24, 2.45) is 0 Å². The van der Waals surface area contributed by atoms with E-state index < -0.39 is 10.7 Å². The number of nitro groups is 1. The number of nitro benzene ring substituents is 1. The monoisotopic (exact) mass is 238 g/mol. The predicted molar refractivity (Wildman–Crippen MR) is 63.6 cm³/mol. The first-order valence-corrected chi connectivity index (χ1v) is 5.72. The fourth-order valence-electron chi connectivity index (χ4n) is 2.37. The van der Waals surface area contributed by atoms with E-state index >= 15 is 0 Å². The summed E-state index contributed by atoms with van der Waals surface area (Å²) in [6, 6.07) is 3.51. The van der Waals surface area contributed by atoms with Crippen molar-refractivity contribution in [1.82, 2.24) is 0 Å². The molecule has 0 aliphatic heterocycles. The van der Waals surface area contributed by atoms with Crippen LogP contribution in [0.15, 0.2) is 18.2 Å². The second-order valence-corrected chi connectivity index (χ2v) is 4.81. The normalized spacial score (nSPS) is 18.0. The van der Waals surface area contributed by atoms with Gasteiger partial charge in [0, 0.05) is 17.7 Å². The molecule has 0 spiro atoms. The summed E-state index contributed by atoms with van der Waals surface area (Å²) in [6.45, 7) is 2.02. The fourth-order valence-corrected chi connectivity index (χ4v) is 2.37. The summed E-state index contributed by atoms with van der Waals surface area (Å²) >= 11 is 0. The van der Waals surface area contributed by atoms with E-state index in [2.05, 4.69) is 5.32 Å². The topological polar surface area (TPSA) is 55.2 Å². The van der Waals surface area contributed by atoms with Gasteiger partial charge in [-0.25, -0.2) is 4.39 Å². The van der Waals surface area contributed by atoms with E-state index in [1.54, 1.807) is 0 Å². The minimum absolute atomic E-state index is 0.0699. The number of anilines is 1. The minimum Gasteiger partial charge on any atom is -0.374 e. The van der Waals surface area contributed by atoms with Gasteiger partial charge in [0.2, 0.25) is 0 Å². The van der Waals surface area contributed by atoms with Crippen molar-refractivity contribution < 1.29 is 9.31 Å². The Kier molecular flexibility index (Phi) is 3.00. The van der Waals surface area contributed by atoms with E-state index in [1.807, 2.05) is 6.92 Å². The van der Waals surface area contributed by atoms with Crippen LogP contribution >= 0.6 is 0 Å². The molecule has 1 fully saturated rings. The van der Waals surface area contributed by atoms with Gasteiger partial charge in [-0.1, -0.05) is 12.8 Å². The highest BCUT2D eigenvalue weighted by atomic mass is 19.1. The number of rotatable bonds is 3. The molecule has 0 unspecified atom stereocenters. The molecule has 0 radical (unpaired) electrons. The average Bonchev–Trinajstić information content (AvgIpc) is 2.64. The summed E-state index contributed by atoms with van der Waals surface area (Å²) in [5, 5.41) is 14.0. The van der Waals surface area contributed by atoms with Gasteiger partial charge in [-0.2, -0.15) is 0 Å². The van der Waals surface area contributed by atoms with Crippen molar-refractivity contribution in [3.05, 3.63) is 34.1 Å². The highest BCUT2D eigenvalue weighted by molar-refractivity contribution is 5.62. The van der Waals surface area contributed by atoms with Crippen molar-refractivity contribution >= 4 is 11.4 Å². The van der Waals surface area contributed by atoms with Gasteiger partial charge in [0.1, 0.15) is 11.5 Å². The Balaban J connectivity index is 2.30. The molecular weight excluding hydrogens is 223 g/mol. The Morgan fingerprint density at radius 1 is 1.41 bits per heavy atom. The van der Waals surface area contributed by atoms with Crippen molar-refractivity contribution in [3.8, 4) is 0 Å². The van der Waals surface area contributed by atoms with Crippen LogP contribution < -0.4 is 5.32 Å². The van der Waals surface area contributed by atoms with Crippen LogP contribution in [0.5, 0.6) is 0 Å². The summed E-state index contributed by atoms with van der Waals surface area (Å²) < 4.78 is 13.1. The van der Waals surface area contributed by atoms with Gasteiger partial charge in [0.05, 0.1) is 4.92 Å². The maximum atomic E-state index is 13.1. The van der Waals surface area contributed by atoms with Crippen LogP contribution in [-0.4, -0.2) is 10.5 Å². The Hall–Kier alpha value is -1.65. The van der Waals surface area contributed by atoms with Gasteiger partial charge in [-0.05, 0) is 25.8 Å². The summed E-state index contributed by atoms with van der Waals surface area (Å²) in [6.07, 6.45) is 4.13. The van der Waals surface area contributed by atoms with E-state index in [4.69, 9.17) is 0 Å². The molecule has 0 bridgehead atoms. The van der Waals surface area contributed by atoms with Crippen LogP contribution in [0, 0.1) is 15.9 Å². The van der Waals surface area contributed by atoms with Crippen LogP contribution in [0.3, 0.4) is 0 Å². The van der Waals surface area contributed by atoms with E-state index in [0.29, 0.717) is 0 Å². The standard InChI is InChI=1S/C12H15FN2O2/c1-12(6-2-3-7-12)14-10-8-9(13)4-5-11(10)15(16)17/h4-5,8,14H,2-3,6-7H2,1H3. The van der Waals surface area contributed by atoms with Gasteiger partial charge in [0.15, 0.2) is 0 Å². The molecule has 1 aromatic rings. The number of hydrogen-bond donors (Lipinski definition) is 1. The van der Waals surface area contributed by atoms with Crippen molar-refractivity contribution in [1.29, 1.82) is 0 Å². The van der Waals surface area contributed by atoms with E-state index in [1.165, 1.54) is 12.1 Å². The molecule has 1 saturated carbocycles. The molecule has 0 atom stereocenters. The predicted octanol–water partition coefficient (Wildman–Crippen LogP) is 3.48. The maximum absolute atomic E-state index is 13.1. The molecule has 1 aromatic carbocycles. The quantitative estimate of drug-likeness (QED) is 0.648. The molecule has 0 saturated heterocycles. The number of halogens is 1. The molecular formula is C12H15FN2O2. The minimum atomic E-state index is -0.486. The van der Waals surface area contributed by atoms with Crippen LogP contribution in [-0.2, 0) is 0 Å². The molecule has 1 aliphatic carbocycles. The summed E-state index contributed by atoms with van der Waals surface area (Å²) in [5.74, 6) is -0.459. The number of nitrogens with zero attached hydrogens (tertiary/aromatic N) is 1. The lowest BCUT2D eigenvalue weighted by Crippen LogP contribution is -2.31. The Bertz CT molecular complexity index is 442. The van der Waals surface area contributed by atoms with Crippen molar-refractivity contribution in [2.45, 2.75) is 38.1 Å². The fraction of sp³-hybridized carbons (Fsp3) is 0.500. The van der Waals surface area contributed by atoms with Crippen LogP contribution in [0.2, 0.25) is 0 Å². The van der Waals surface area contributed by atoms with E-state index in [9.17, 15) is 14.5 Å². The second-order valence-electron chi connectivity index (χ2n) is 4.81. The lowest BCUT2D eigenvalue weighted by Gasteiger charge is -2.26. The number of nitrogens with one attached hydrogen (secondary N) is 1. The highest BCUT2D eigenvalue weighted by Gasteiger charge is 2.30. The van der Waals surface area contributed by atoms with E-state index in [-0.39, 0.29) is 16.9 Å². The van der Waals surface area contributed by atoms with Crippen LogP contribution in [0.1, 0.15) is 32.6 Å². The third kappa shape index (κ3) is 2.54. The molecule has 0 heterocycles. The molecule has 0 amide bonds. The molecule has 17 heavy (non-hydrogen) atoms. The summed E-state index contributed by atoms with van der Waals surface area (Å²) in [7, 11) is 0. The first-order valence-electron chi connectivity index (χ1n) is 5.72. The Labute approximate surface area is 99.0 Å². The maximum Gasteiger partial charge on any atom is 0.292 e. The zero-order valence-corrected chi connectivity index (χ0v) is 9.70. The van der Waals surface area contributed by atoms with Gasteiger partial charge in [0.25, 0.3) is 5.69 Å². The molecule has 2 rings (SSSR count).